The number of H-pyrrole nitrogens is 1. The van der Waals surface area contributed by atoms with Gasteiger partial charge in [0.15, 0.2) is 5.78 Å². The van der Waals surface area contributed by atoms with Crippen molar-refractivity contribution < 1.29 is 19.5 Å². The summed E-state index contributed by atoms with van der Waals surface area (Å²) in [6, 6.07) is 3.20. The molecule has 0 saturated heterocycles. The molecule has 1 aliphatic rings. The van der Waals surface area contributed by atoms with Crippen LogP contribution in [-0.2, 0) is 6.42 Å². The molecule has 1 aliphatic carbocycles. The van der Waals surface area contributed by atoms with Crippen LogP contribution in [0.5, 0.6) is 0 Å². The first kappa shape index (κ1) is 17.0. The molecule has 0 bridgehead atoms. The minimum atomic E-state index is -1.04. The van der Waals surface area contributed by atoms with Gasteiger partial charge in [0, 0.05) is 23.4 Å². The van der Waals surface area contributed by atoms with Gasteiger partial charge in [-0.2, -0.15) is 0 Å². The van der Waals surface area contributed by atoms with Crippen molar-refractivity contribution in [1.82, 2.24) is 4.98 Å². The van der Waals surface area contributed by atoms with Gasteiger partial charge in [-0.1, -0.05) is 6.07 Å². The maximum absolute atomic E-state index is 12.7. The number of benzene rings is 1. The van der Waals surface area contributed by atoms with E-state index in [0.717, 1.165) is 24.1 Å². The molecular formula is C19H20N2O4. The molecule has 0 unspecified atom stereocenters. The third-order valence-corrected chi connectivity index (χ3v) is 4.71. The summed E-state index contributed by atoms with van der Waals surface area (Å²) in [5, 5.41) is 12.0. The standard InChI is InChI=1S/C19H20N2O4/c1-9-7-10(2)14(8-12(9)19(24)25)21-18(23)17-11(3)16-13(20-17)5-4-6-15(16)22/h7-8,20H,4-6H2,1-3H3,(H,21,23)(H,24,25). The van der Waals surface area contributed by atoms with Crippen molar-refractivity contribution >= 4 is 23.3 Å². The van der Waals surface area contributed by atoms with Crippen molar-refractivity contribution in [3.8, 4) is 0 Å². The summed E-state index contributed by atoms with van der Waals surface area (Å²) >= 11 is 0. The Morgan fingerprint density at radius 1 is 1.12 bits per heavy atom. The number of Topliss-reactive ketones (excluding diaryl/α,β-unsaturated/α-hetero) is 1. The van der Waals surface area contributed by atoms with Gasteiger partial charge < -0.3 is 15.4 Å². The molecule has 1 aromatic heterocycles. The molecule has 0 aliphatic heterocycles. The zero-order chi connectivity index (χ0) is 18.3. The first-order valence-electron chi connectivity index (χ1n) is 8.20. The average molecular weight is 340 g/mol. The highest BCUT2D eigenvalue weighted by Gasteiger charge is 2.26. The van der Waals surface area contributed by atoms with Crippen LogP contribution in [0.25, 0.3) is 0 Å². The SMILES string of the molecule is Cc1cc(C)c(C(=O)O)cc1NC(=O)c1[nH]c2c(c1C)C(=O)CCC2. The third-order valence-electron chi connectivity index (χ3n) is 4.71. The van der Waals surface area contributed by atoms with Crippen LogP contribution in [-0.4, -0.2) is 27.8 Å². The van der Waals surface area contributed by atoms with Gasteiger partial charge in [0.25, 0.3) is 5.91 Å². The molecule has 25 heavy (non-hydrogen) atoms. The summed E-state index contributed by atoms with van der Waals surface area (Å²) in [7, 11) is 0. The largest absolute Gasteiger partial charge is 0.478 e. The van der Waals surface area contributed by atoms with Gasteiger partial charge in [-0.15, -0.1) is 0 Å². The Morgan fingerprint density at radius 2 is 1.84 bits per heavy atom. The molecule has 130 valence electrons. The molecule has 0 saturated carbocycles. The number of hydrogen-bond acceptors (Lipinski definition) is 3. The Morgan fingerprint density at radius 3 is 2.48 bits per heavy atom. The summed E-state index contributed by atoms with van der Waals surface area (Å²) in [6.07, 6.45) is 2.04. The maximum Gasteiger partial charge on any atom is 0.336 e. The van der Waals surface area contributed by atoms with Crippen LogP contribution in [0.2, 0.25) is 0 Å². The highest BCUT2D eigenvalue weighted by Crippen LogP contribution is 2.28. The molecule has 0 radical (unpaired) electrons. The summed E-state index contributed by atoms with van der Waals surface area (Å²) in [4.78, 5) is 39.2. The zero-order valence-electron chi connectivity index (χ0n) is 14.4. The first-order valence-corrected chi connectivity index (χ1v) is 8.20. The van der Waals surface area contributed by atoms with E-state index in [1.807, 2.05) is 6.92 Å². The van der Waals surface area contributed by atoms with Crippen LogP contribution in [0, 0.1) is 20.8 Å². The summed E-state index contributed by atoms with van der Waals surface area (Å²) in [5.41, 5.74) is 4.47. The van der Waals surface area contributed by atoms with E-state index < -0.39 is 5.97 Å². The smallest absolute Gasteiger partial charge is 0.336 e. The average Bonchev–Trinajstić information content (AvgIpc) is 2.88. The zero-order valence-corrected chi connectivity index (χ0v) is 14.4. The van der Waals surface area contributed by atoms with Gasteiger partial charge >= 0.3 is 5.97 Å². The predicted molar refractivity (Wildman–Crippen MR) is 93.6 cm³/mol. The Labute approximate surface area is 145 Å². The number of aromatic amines is 1. The lowest BCUT2D eigenvalue weighted by molar-refractivity contribution is 0.0695. The number of carboxylic acids is 1. The fourth-order valence-corrected chi connectivity index (χ4v) is 3.40. The number of amides is 1. The van der Waals surface area contributed by atoms with Gasteiger partial charge in [-0.3, -0.25) is 9.59 Å². The molecule has 3 N–H and O–H groups in total. The molecular weight excluding hydrogens is 320 g/mol. The second kappa shape index (κ2) is 6.20. The monoisotopic (exact) mass is 340 g/mol. The highest BCUT2D eigenvalue weighted by molar-refractivity contribution is 6.09. The van der Waals surface area contributed by atoms with E-state index in [0.29, 0.717) is 34.5 Å². The van der Waals surface area contributed by atoms with Crippen molar-refractivity contribution in [3.63, 3.8) is 0 Å². The summed E-state index contributed by atoms with van der Waals surface area (Å²) < 4.78 is 0. The van der Waals surface area contributed by atoms with Crippen LogP contribution in [0.1, 0.15) is 66.4 Å². The molecule has 1 heterocycles. The number of carbonyl (C=O) groups excluding carboxylic acids is 2. The minimum absolute atomic E-state index is 0.0636. The highest BCUT2D eigenvalue weighted by atomic mass is 16.4. The van der Waals surface area contributed by atoms with Gasteiger partial charge in [-0.05, 0) is 56.4 Å². The van der Waals surface area contributed by atoms with Crippen LogP contribution >= 0.6 is 0 Å². The quantitative estimate of drug-likeness (QED) is 0.797. The van der Waals surface area contributed by atoms with E-state index in [1.54, 1.807) is 19.9 Å². The van der Waals surface area contributed by atoms with E-state index in [4.69, 9.17) is 0 Å². The number of carbonyl (C=O) groups is 3. The van der Waals surface area contributed by atoms with Gasteiger partial charge in [0.1, 0.15) is 5.69 Å². The van der Waals surface area contributed by atoms with Gasteiger partial charge in [0.2, 0.25) is 0 Å². The van der Waals surface area contributed by atoms with Crippen LogP contribution in [0.4, 0.5) is 5.69 Å². The molecule has 0 fully saturated rings. The van der Waals surface area contributed by atoms with E-state index in [2.05, 4.69) is 10.3 Å². The lowest BCUT2D eigenvalue weighted by Gasteiger charge is -2.11. The van der Waals surface area contributed by atoms with Crippen molar-refractivity contribution in [2.45, 2.75) is 40.0 Å². The molecule has 6 nitrogen and oxygen atoms in total. The Bertz CT molecular complexity index is 909. The number of hydrogen-bond donors (Lipinski definition) is 3. The van der Waals surface area contributed by atoms with Gasteiger partial charge in [-0.25, -0.2) is 4.79 Å². The third kappa shape index (κ3) is 2.95. The first-order chi connectivity index (χ1) is 11.8. The number of aromatic carboxylic acids is 1. The summed E-state index contributed by atoms with van der Waals surface area (Å²) in [5.74, 6) is -1.35. The van der Waals surface area contributed by atoms with Crippen molar-refractivity contribution in [2.75, 3.05) is 5.32 Å². The number of nitrogens with one attached hydrogen (secondary N) is 2. The normalized spacial score (nSPS) is 13.5. The number of carboxylic acid groups (broad SMARTS) is 1. The van der Waals surface area contributed by atoms with E-state index in [-0.39, 0.29) is 17.3 Å². The number of ketones is 1. The Hall–Kier alpha value is -2.89. The topological polar surface area (TPSA) is 99.3 Å². The predicted octanol–water partition coefficient (Wildman–Crippen LogP) is 3.41. The fraction of sp³-hybridized carbons (Fsp3) is 0.316. The Kier molecular flexibility index (Phi) is 4.20. The van der Waals surface area contributed by atoms with Crippen molar-refractivity contribution in [1.29, 1.82) is 0 Å². The second-order valence-corrected chi connectivity index (χ2v) is 6.50. The molecule has 6 heteroatoms. The Balaban J connectivity index is 1.95. The van der Waals surface area contributed by atoms with Crippen LogP contribution in [0.3, 0.4) is 0 Å². The number of rotatable bonds is 3. The molecule has 0 atom stereocenters. The number of anilines is 1. The maximum atomic E-state index is 12.7. The van der Waals surface area contributed by atoms with E-state index in [9.17, 15) is 19.5 Å². The summed E-state index contributed by atoms with van der Waals surface area (Å²) in [6.45, 7) is 5.29. The minimum Gasteiger partial charge on any atom is -0.478 e. The van der Waals surface area contributed by atoms with Crippen molar-refractivity contribution in [3.05, 3.63) is 51.3 Å². The number of aromatic nitrogens is 1. The lowest BCUT2D eigenvalue weighted by atomic mass is 9.94. The molecule has 3 rings (SSSR count). The number of fused-ring (bicyclic) bond motifs is 1. The molecule has 1 amide bonds. The van der Waals surface area contributed by atoms with E-state index in [1.165, 1.54) is 6.07 Å². The molecule has 2 aromatic rings. The second-order valence-electron chi connectivity index (χ2n) is 6.50. The van der Waals surface area contributed by atoms with Crippen LogP contribution in [0.15, 0.2) is 12.1 Å². The fourth-order valence-electron chi connectivity index (χ4n) is 3.40. The van der Waals surface area contributed by atoms with Crippen molar-refractivity contribution in [2.24, 2.45) is 0 Å². The van der Waals surface area contributed by atoms with E-state index >= 15 is 0 Å². The van der Waals surface area contributed by atoms with Crippen LogP contribution < -0.4 is 5.32 Å². The number of aryl methyl sites for hydroxylation is 3. The lowest BCUT2D eigenvalue weighted by Crippen LogP contribution is -2.15. The molecule has 1 aromatic carbocycles. The van der Waals surface area contributed by atoms with Gasteiger partial charge in [0.05, 0.1) is 5.56 Å². The molecule has 0 spiro atoms.